The first-order valence-electron chi connectivity index (χ1n) is 7.72. The Balaban J connectivity index is 2.77. The van der Waals surface area contributed by atoms with E-state index >= 15 is 0 Å². The Kier molecular flexibility index (Phi) is 7.67. The van der Waals surface area contributed by atoms with Crippen LogP contribution in [0.15, 0.2) is 23.4 Å². The van der Waals surface area contributed by atoms with Crippen molar-refractivity contribution in [2.24, 2.45) is 5.92 Å². The Bertz CT molecular complexity index is 517. The molecule has 1 aromatic rings. The number of hydrogen-bond acceptors (Lipinski definition) is 4. The van der Waals surface area contributed by atoms with Crippen molar-refractivity contribution in [3.63, 3.8) is 0 Å². The van der Waals surface area contributed by atoms with Crippen molar-refractivity contribution in [2.75, 3.05) is 18.4 Å². The summed E-state index contributed by atoms with van der Waals surface area (Å²) in [5.74, 6) is 0.388. The van der Waals surface area contributed by atoms with Crippen LogP contribution < -0.4 is 10.0 Å². The highest BCUT2D eigenvalue weighted by Crippen LogP contribution is 2.20. The third-order valence-electron chi connectivity index (χ3n) is 3.55. The highest BCUT2D eigenvalue weighted by atomic mass is 32.2. The lowest BCUT2D eigenvalue weighted by Crippen LogP contribution is -2.30. The smallest absolute Gasteiger partial charge is 0.244 e. The first kappa shape index (κ1) is 17.9. The van der Waals surface area contributed by atoms with Gasteiger partial charge in [-0.2, -0.15) is 0 Å². The van der Waals surface area contributed by atoms with Gasteiger partial charge >= 0.3 is 0 Å². The van der Waals surface area contributed by atoms with Crippen LogP contribution >= 0.6 is 0 Å². The standard InChI is InChI=1S/C15H27N3O2S/c1-4-7-8-13(5-2)11-18-21(19,20)15-12-16-10-9-14(15)17-6-3/h9-10,12-13,18H,4-8,11H2,1-3H3,(H,16,17). The van der Waals surface area contributed by atoms with Gasteiger partial charge in [-0.3, -0.25) is 4.98 Å². The minimum absolute atomic E-state index is 0.220. The van der Waals surface area contributed by atoms with Crippen LogP contribution in [-0.2, 0) is 10.0 Å². The number of hydrogen-bond donors (Lipinski definition) is 2. The number of nitrogens with zero attached hydrogens (tertiary/aromatic N) is 1. The molecule has 2 N–H and O–H groups in total. The van der Waals surface area contributed by atoms with Gasteiger partial charge in [0.25, 0.3) is 0 Å². The van der Waals surface area contributed by atoms with Crippen molar-refractivity contribution in [3.8, 4) is 0 Å². The van der Waals surface area contributed by atoms with Gasteiger partial charge in [0.1, 0.15) is 4.90 Å². The molecule has 0 aliphatic heterocycles. The van der Waals surface area contributed by atoms with Gasteiger partial charge in [-0.15, -0.1) is 0 Å². The zero-order chi connectivity index (χ0) is 15.7. The van der Waals surface area contributed by atoms with E-state index in [0.717, 1.165) is 25.7 Å². The number of sulfonamides is 1. The molecule has 0 saturated heterocycles. The fourth-order valence-corrected chi connectivity index (χ4v) is 3.42. The Morgan fingerprint density at radius 2 is 2.05 bits per heavy atom. The van der Waals surface area contributed by atoms with Crippen LogP contribution in [0.5, 0.6) is 0 Å². The zero-order valence-corrected chi connectivity index (χ0v) is 14.0. The molecule has 0 aromatic carbocycles. The lowest BCUT2D eigenvalue weighted by atomic mass is 10.00. The van der Waals surface area contributed by atoms with E-state index in [0.29, 0.717) is 24.7 Å². The maximum absolute atomic E-state index is 12.4. The maximum Gasteiger partial charge on any atom is 0.244 e. The van der Waals surface area contributed by atoms with Gasteiger partial charge in [0.15, 0.2) is 0 Å². The molecule has 0 radical (unpaired) electrons. The summed E-state index contributed by atoms with van der Waals surface area (Å²) in [7, 11) is -3.52. The largest absolute Gasteiger partial charge is 0.384 e. The van der Waals surface area contributed by atoms with E-state index in [1.165, 1.54) is 6.20 Å². The summed E-state index contributed by atoms with van der Waals surface area (Å²) in [5, 5.41) is 3.06. The molecular formula is C15H27N3O2S. The topological polar surface area (TPSA) is 71.1 Å². The van der Waals surface area contributed by atoms with Crippen LogP contribution in [0.4, 0.5) is 5.69 Å². The molecular weight excluding hydrogens is 286 g/mol. The molecule has 0 spiro atoms. The van der Waals surface area contributed by atoms with Crippen LogP contribution in [0, 0.1) is 5.92 Å². The van der Waals surface area contributed by atoms with E-state index in [2.05, 4.69) is 28.9 Å². The highest BCUT2D eigenvalue weighted by Gasteiger charge is 2.19. The van der Waals surface area contributed by atoms with Crippen LogP contribution in [-0.4, -0.2) is 26.5 Å². The van der Waals surface area contributed by atoms with Crippen molar-refractivity contribution in [1.82, 2.24) is 9.71 Å². The van der Waals surface area contributed by atoms with E-state index in [1.807, 2.05) is 6.92 Å². The summed E-state index contributed by atoms with van der Waals surface area (Å²) >= 11 is 0. The molecule has 0 aliphatic rings. The SMILES string of the molecule is CCCCC(CC)CNS(=O)(=O)c1cnccc1NCC. The second-order valence-corrected chi connectivity index (χ2v) is 6.91. The quantitative estimate of drug-likeness (QED) is 0.696. The maximum atomic E-state index is 12.4. The van der Waals surface area contributed by atoms with Gasteiger partial charge in [0, 0.05) is 25.5 Å². The third-order valence-corrected chi connectivity index (χ3v) is 5.00. The van der Waals surface area contributed by atoms with Crippen LogP contribution in [0.3, 0.4) is 0 Å². The lowest BCUT2D eigenvalue weighted by molar-refractivity contribution is 0.444. The molecule has 120 valence electrons. The number of aromatic nitrogens is 1. The van der Waals surface area contributed by atoms with Crippen LogP contribution in [0.2, 0.25) is 0 Å². The molecule has 5 nitrogen and oxygen atoms in total. The van der Waals surface area contributed by atoms with E-state index < -0.39 is 10.0 Å². The van der Waals surface area contributed by atoms with Gasteiger partial charge < -0.3 is 5.32 Å². The molecule has 21 heavy (non-hydrogen) atoms. The van der Waals surface area contributed by atoms with Gasteiger partial charge in [-0.25, -0.2) is 13.1 Å². The summed E-state index contributed by atoms with van der Waals surface area (Å²) in [4.78, 5) is 4.15. The van der Waals surface area contributed by atoms with Crippen molar-refractivity contribution >= 4 is 15.7 Å². The number of nitrogens with one attached hydrogen (secondary N) is 2. The van der Waals surface area contributed by atoms with Gasteiger partial charge in [0.05, 0.1) is 5.69 Å². The van der Waals surface area contributed by atoms with Crippen LogP contribution in [0.25, 0.3) is 0 Å². The molecule has 0 bridgehead atoms. The minimum atomic E-state index is -3.52. The first-order valence-corrected chi connectivity index (χ1v) is 9.20. The molecule has 0 fully saturated rings. The van der Waals surface area contributed by atoms with Crippen molar-refractivity contribution in [2.45, 2.75) is 51.3 Å². The molecule has 1 rings (SSSR count). The predicted molar refractivity (Wildman–Crippen MR) is 86.9 cm³/mol. The molecule has 0 saturated carbocycles. The Morgan fingerprint density at radius 3 is 2.67 bits per heavy atom. The summed E-state index contributed by atoms with van der Waals surface area (Å²) in [5.41, 5.74) is 0.599. The third kappa shape index (κ3) is 5.63. The van der Waals surface area contributed by atoms with Crippen molar-refractivity contribution < 1.29 is 8.42 Å². The minimum Gasteiger partial charge on any atom is -0.384 e. The van der Waals surface area contributed by atoms with Crippen molar-refractivity contribution in [3.05, 3.63) is 18.5 Å². The molecule has 1 heterocycles. The summed E-state index contributed by atoms with van der Waals surface area (Å²) in [6.07, 6.45) is 7.30. The van der Waals surface area contributed by atoms with Gasteiger partial charge in [-0.1, -0.05) is 33.1 Å². The second-order valence-electron chi connectivity index (χ2n) is 5.17. The molecule has 0 aliphatic carbocycles. The van der Waals surface area contributed by atoms with Gasteiger partial charge in [-0.05, 0) is 25.3 Å². The first-order chi connectivity index (χ1) is 10.0. The summed E-state index contributed by atoms with van der Waals surface area (Å²) in [6, 6.07) is 1.69. The normalized spacial score (nSPS) is 13.1. The monoisotopic (exact) mass is 313 g/mol. The summed E-state index contributed by atoms with van der Waals surface area (Å²) in [6.45, 7) is 7.33. The van der Waals surface area contributed by atoms with Crippen LogP contribution in [0.1, 0.15) is 46.5 Å². The second kappa shape index (κ2) is 9.00. The van der Waals surface area contributed by atoms with E-state index in [-0.39, 0.29) is 4.90 Å². The zero-order valence-electron chi connectivity index (χ0n) is 13.2. The summed E-state index contributed by atoms with van der Waals surface area (Å²) < 4.78 is 27.6. The Labute approximate surface area is 128 Å². The molecule has 1 aromatic heterocycles. The molecule has 0 amide bonds. The van der Waals surface area contributed by atoms with Crippen molar-refractivity contribution in [1.29, 1.82) is 0 Å². The highest BCUT2D eigenvalue weighted by molar-refractivity contribution is 7.89. The Hall–Kier alpha value is -1.14. The van der Waals surface area contributed by atoms with E-state index in [1.54, 1.807) is 12.3 Å². The van der Waals surface area contributed by atoms with E-state index in [4.69, 9.17) is 0 Å². The molecule has 1 atom stereocenters. The molecule has 1 unspecified atom stereocenters. The number of unbranched alkanes of at least 4 members (excludes halogenated alkanes) is 1. The predicted octanol–water partition coefficient (Wildman–Crippen LogP) is 3.01. The fourth-order valence-electron chi connectivity index (χ4n) is 2.18. The number of rotatable bonds is 10. The fraction of sp³-hybridized carbons (Fsp3) is 0.667. The number of anilines is 1. The average molecular weight is 313 g/mol. The molecule has 6 heteroatoms. The Morgan fingerprint density at radius 1 is 1.29 bits per heavy atom. The number of pyridine rings is 1. The lowest BCUT2D eigenvalue weighted by Gasteiger charge is -2.16. The average Bonchev–Trinajstić information content (AvgIpc) is 2.48. The van der Waals surface area contributed by atoms with Gasteiger partial charge in [0.2, 0.25) is 10.0 Å². The van der Waals surface area contributed by atoms with E-state index in [9.17, 15) is 8.42 Å².